The van der Waals surface area contributed by atoms with Crippen LogP contribution in [0.3, 0.4) is 0 Å². The number of nitrogens with zero attached hydrogens (tertiary/aromatic N) is 3. The molecule has 0 aliphatic carbocycles. The number of benzene rings is 1. The van der Waals surface area contributed by atoms with Crippen molar-refractivity contribution in [3.8, 4) is 0 Å². The molecule has 1 heterocycles. The molecule has 0 fully saturated rings. The van der Waals surface area contributed by atoms with Gasteiger partial charge in [-0.05, 0) is 76.3 Å². The van der Waals surface area contributed by atoms with Gasteiger partial charge in [0.2, 0.25) is 0 Å². The summed E-state index contributed by atoms with van der Waals surface area (Å²) in [6.07, 6.45) is 6.35. The Morgan fingerprint density at radius 3 is 1.79 bits per heavy atom. The minimum Gasteiger partial charge on any atom is -0.481 e. The summed E-state index contributed by atoms with van der Waals surface area (Å²) in [5.41, 5.74) is 1.74. The minimum absolute atomic E-state index is 0.0900. The van der Waals surface area contributed by atoms with Gasteiger partial charge in [0.15, 0.2) is 0 Å². The molecule has 0 bridgehead atoms. The number of urea groups is 1. The zero-order chi connectivity index (χ0) is 41.7. The first-order chi connectivity index (χ1) is 27.5. The highest BCUT2D eigenvalue weighted by Gasteiger charge is 2.24. The maximum Gasteiger partial charge on any atom is 0.326 e. The average Bonchev–Trinajstić information content (AvgIpc) is 3.64. The Morgan fingerprint density at radius 1 is 0.667 bits per heavy atom. The van der Waals surface area contributed by atoms with Crippen LogP contribution in [-0.2, 0) is 41.6 Å². The quantitative estimate of drug-likeness (QED) is 0.0468. The van der Waals surface area contributed by atoms with Gasteiger partial charge in [-0.25, -0.2) is 14.4 Å². The molecule has 20 nitrogen and oxygen atoms in total. The van der Waals surface area contributed by atoms with Gasteiger partial charge in [-0.3, -0.25) is 19.1 Å². The molecular weight excluding hydrogens is 748 g/mol. The molecule has 8 N–H and O–H groups in total. The number of aromatic nitrogens is 3. The molecule has 1 aromatic carbocycles. The summed E-state index contributed by atoms with van der Waals surface area (Å²) in [6.45, 7) is 5.03. The van der Waals surface area contributed by atoms with Gasteiger partial charge in [0, 0.05) is 49.9 Å². The molecule has 57 heavy (non-hydrogen) atoms. The zero-order valence-corrected chi connectivity index (χ0v) is 32.5. The number of nitrogens with one attached hydrogen (secondary N) is 5. The van der Waals surface area contributed by atoms with Crippen molar-refractivity contribution in [2.24, 2.45) is 0 Å². The highest BCUT2D eigenvalue weighted by molar-refractivity contribution is 5.97. The Hall–Kier alpha value is -5.18. The number of rotatable bonds is 33. The van der Waals surface area contributed by atoms with Gasteiger partial charge in [-0.2, -0.15) is 0 Å². The van der Waals surface area contributed by atoms with Gasteiger partial charge < -0.3 is 56.1 Å². The van der Waals surface area contributed by atoms with Crippen molar-refractivity contribution in [1.29, 1.82) is 0 Å². The predicted octanol–water partition coefficient (Wildman–Crippen LogP) is 1.05. The van der Waals surface area contributed by atoms with E-state index in [2.05, 4.69) is 36.9 Å². The van der Waals surface area contributed by atoms with Crippen molar-refractivity contribution in [3.05, 3.63) is 47.3 Å². The van der Waals surface area contributed by atoms with Crippen LogP contribution in [0.5, 0.6) is 0 Å². The molecular formula is C37H58N8O12. The highest BCUT2D eigenvalue weighted by atomic mass is 16.5. The summed E-state index contributed by atoms with van der Waals surface area (Å²) in [5.74, 6) is -4.39. The maximum absolute atomic E-state index is 12.5. The van der Waals surface area contributed by atoms with Crippen LogP contribution in [0.4, 0.5) is 4.79 Å². The number of hydrogen-bond acceptors (Lipinski definition) is 12. The van der Waals surface area contributed by atoms with Crippen LogP contribution in [0.15, 0.2) is 30.5 Å². The van der Waals surface area contributed by atoms with Crippen LogP contribution in [0.1, 0.15) is 84.2 Å². The SMILES string of the molecule is CNCCOCCOCCOCCNC(=O)c1ccc(C(=O)NCCCCCCc2cn(CCCCC(NC(=O)NC(CCC(=O)O)C(=O)O)C(=O)O)nn2)cc1. The zero-order valence-electron chi connectivity index (χ0n) is 32.5. The summed E-state index contributed by atoms with van der Waals surface area (Å²) >= 11 is 0. The Bertz CT molecular complexity index is 1510. The van der Waals surface area contributed by atoms with Crippen LogP contribution < -0.4 is 26.6 Å². The number of unbranched alkanes of at least 4 members (excludes halogenated alkanes) is 4. The number of amides is 4. The van der Waals surface area contributed by atoms with E-state index in [4.69, 9.17) is 19.3 Å². The first kappa shape index (κ1) is 48.0. The lowest BCUT2D eigenvalue weighted by atomic mass is 10.1. The summed E-state index contributed by atoms with van der Waals surface area (Å²) in [4.78, 5) is 70.7. The lowest BCUT2D eigenvalue weighted by Gasteiger charge is -2.18. The molecule has 2 unspecified atom stereocenters. The fourth-order valence-electron chi connectivity index (χ4n) is 5.24. The molecule has 0 radical (unpaired) electrons. The van der Waals surface area contributed by atoms with Crippen LogP contribution in [-0.4, -0.2) is 144 Å². The standard InChI is InChI=1S/C37H58N8O12/c1-38-17-20-55-22-24-57-25-23-56-21-18-40-34(49)28-12-10-27(11-13-28)33(48)39-16-6-3-2-4-8-29-26-45(44-43-29)19-7-5-9-30(35(50)51)41-37(54)42-31(36(52)53)14-15-32(46)47/h10-13,26,30-31,38H,2-9,14-25H2,1H3,(H,39,48)(H,40,49)(H,46,47)(H,50,51)(H,52,53)(H2,41,42,54). The molecule has 0 aliphatic rings. The fraction of sp³-hybridized carbons (Fsp3) is 0.622. The summed E-state index contributed by atoms with van der Waals surface area (Å²) in [6, 6.07) is 2.73. The third kappa shape index (κ3) is 22.2. The van der Waals surface area contributed by atoms with E-state index in [1.807, 2.05) is 13.2 Å². The third-order valence-corrected chi connectivity index (χ3v) is 8.40. The number of ether oxygens (including phenoxy) is 3. The molecule has 0 spiro atoms. The van der Waals surface area contributed by atoms with Crippen molar-refractivity contribution >= 4 is 35.8 Å². The Morgan fingerprint density at radius 2 is 1.21 bits per heavy atom. The van der Waals surface area contributed by atoms with Gasteiger partial charge in [0.1, 0.15) is 12.1 Å². The largest absolute Gasteiger partial charge is 0.481 e. The molecule has 2 atom stereocenters. The predicted molar refractivity (Wildman–Crippen MR) is 205 cm³/mol. The third-order valence-electron chi connectivity index (χ3n) is 8.40. The van der Waals surface area contributed by atoms with E-state index in [-0.39, 0.29) is 24.7 Å². The van der Waals surface area contributed by atoms with Crippen LogP contribution in [0.25, 0.3) is 0 Å². The number of carbonyl (C=O) groups excluding carboxylic acids is 3. The molecule has 2 rings (SSSR count). The molecule has 1 aromatic heterocycles. The van der Waals surface area contributed by atoms with E-state index in [9.17, 15) is 39.0 Å². The maximum atomic E-state index is 12.5. The number of carboxylic acids is 3. The highest BCUT2D eigenvalue weighted by Crippen LogP contribution is 2.09. The normalized spacial score (nSPS) is 12.0. The number of likely N-dealkylation sites (N-methyl/N-ethyl adjacent to an activating group) is 1. The van der Waals surface area contributed by atoms with Gasteiger partial charge in [0.05, 0.1) is 45.3 Å². The summed E-state index contributed by atoms with van der Waals surface area (Å²) in [7, 11) is 1.86. The second-order valence-electron chi connectivity index (χ2n) is 13.0. The van der Waals surface area contributed by atoms with Crippen LogP contribution >= 0.6 is 0 Å². The fourth-order valence-corrected chi connectivity index (χ4v) is 5.24. The van der Waals surface area contributed by atoms with Crippen molar-refractivity contribution in [3.63, 3.8) is 0 Å². The number of carboxylic acid groups (broad SMARTS) is 3. The molecule has 4 amide bonds. The lowest BCUT2D eigenvalue weighted by molar-refractivity contribution is -0.140. The number of hydrogen-bond donors (Lipinski definition) is 8. The Balaban J connectivity index is 1.53. The molecule has 0 saturated carbocycles. The average molecular weight is 807 g/mol. The second kappa shape index (κ2) is 29.1. The smallest absolute Gasteiger partial charge is 0.326 e. The Labute approximate surface area is 331 Å². The molecule has 0 saturated heterocycles. The van der Waals surface area contributed by atoms with Crippen molar-refractivity contribution in [2.75, 3.05) is 66.3 Å². The van der Waals surface area contributed by atoms with Crippen LogP contribution in [0.2, 0.25) is 0 Å². The van der Waals surface area contributed by atoms with E-state index < -0.39 is 42.4 Å². The summed E-state index contributed by atoms with van der Waals surface area (Å²) in [5, 5.41) is 48.7. The van der Waals surface area contributed by atoms with E-state index in [0.29, 0.717) is 83.2 Å². The topological polar surface area (TPSA) is 282 Å². The first-order valence-corrected chi connectivity index (χ1v) is 19.2. The molecule has 0 aliphatic heterocycles. The van der Waals surface area contributed by atoms with Crippen LogP contribution in [0, 0.1) is 0 Å². The summed E-state index contributed by atoms with van der Waals surface area (Å²) < 4.78 is 17.9. The number of carbonyl (C=O) groups is 6. The van der Waals surface area contributed by atoms with E-state index in [0.717, 1.165) is 44.3 Å². The van der Waals surface area contributed by atoms with E-state index in [1.54, 1.807) is 28.9 Å². The van der Waals surface area contributed by atoms with E-state index in [1.165, 1.54) is 0 Å². The van der Waals surface area contributed by atoms with E-state index >= 15 is 0 Å². The van der Waals surface area contributed by atoms with Gasteiger partial charge >= 0.3 is 23.9 Å². The number of aliphatic carboxylic acids is 3. The van der Waals surface area contributed by atoms with Crippen molar-refractivity contribution in [1.82, 2.24) is 41.6 Å². The van der Waals surface area contributed by atoms with Gasteiger partial charge in [0.25, 0.3) is 11.8 Å². The van der Waals surface area contributed by atoms with Crippen molar-refractivity contribution in [2.45, 2.75) is 82.8 Å². The van der Waals surface area contributed by atoms with Crippen molar-refractivity contribution < 1.29 is 58.3 Å². The molecule has 20 heteroatoms. The monoisotopic (exact) mass is 806 g/mol. The van der Waals surface area contributed by atoms with Gasteiger partial charge in [-0.15, -0.1) is 5.10 Å². The minimum atomic E-state index is -1.47. The molecule has 2 aromatic rings. The number of aryl methyl sites for hydroxylation is 2. The Kier molecular flexibility index (Phi) is 24.5. The molecule has 318 valence electrons. The first-order valence-electron chi connectivity index (χ1n) is 19.2. The second-order valence-corrected chi connectivity index (χ2v) is 13.0. The van der Waals surface area contributed by atoms with Gasteiger partial charge in [-0.1, -0.05) is 18.1 Å². The lowest BCUT2D eigenvalue weighted by Crippen LogP contribution is -2.51.